The summed E-state index contributed by atoms with van der Waals surface area (Å²) in [5.41, 5.74) is 1.51. The van der Waals surface area contributed by atoms with E-state index in [-0.39, 0.29) is 21.7 Å². The fraction of sp³-hybridized carbons (Fsp3) is 0.208. The summed E-state index contributed by atoms with van der Waals surface area (Å²) in [7, 11) is -3.97. The van der Waals surface area contributed by atoms with Crippen LogP contribution in [-0.2, 0) is 14.6 Å². The summed E-state index contributed by atoms with van der Waals surface area (Å²) in [6.07, 6.45) is 4.76. The van der Waals surface area contributed by atoms with E-state index in [0.29, 0.717) is 35.4 Å². The van der Waals surface area contributed by atoms with Crippen LogP contribution >= 0.6 is 0 Å². The van der Waals surface area contributed by atoms with Gasteiger partial charge in [0.1, 0.15) is 5.82 Å². The van der Waals surface area contributed by atoms with Crippen LogP contribution in [0, 0.1) is 5.82 Å². The van der Waals surface area contributed by atoms with E-state index in [9.17, 15) is 17.6 Å². The molecule has 1 aliphatic rings. The standard InChI is InChI=1S/C24H22FN5O4S/c25-15-2-1-3-17(12-15)35(32,33)18-4-5-21-20(13-18)23(30-29-21)28-24(31)19-6-9-26-14-22(19)27-16-7-10-34-11-8-16/h1-6,9,12-14,16,27H,7-8,10-11H2,(H2,28,29,30,31). The van der Waals surface area contributed by atoms with Crippen LogP contribution in [0.1, 0.15) is 23.2 Å². The lowest BCUT2D eigenvalue weighted by Gasteiger charge is -2.24. The van der Waals surface area contributed by atoms with E-state index < -0.39 is 21.6 Å². The van der Waals surface area contributed by atoms with Crippen LogP contribution in [-0.4, -0.2) is 48.8 Å². The van der Waals surface area contributed by atoms with E-state index in [1.54, 1.807) is 18.3 Å². The van der Waals surface area contributed by atoms with Crippen molar-refractivity contribution in [3.63, 3.8) is 0 Å². The lowest BCUT2D eigenvalue weighted by molar-refractivity contribution is 0.0904. The molecule has 180 valence electrons. The van der Waals surface area contributed by atoms with Gasteiger partial charge in [0, 0.05) is 30.8 Å². The van der Waals surface area contributed by atoms with Gasteiger partial charge in [0.05, 0.1) is 32.8 Å². The first kappa shape index (κ1) is 22.9. The van der Waals surface area contributed by atoms with Crippen molar-refractivity contribution in [2.45, 2.75) is 28.7 Å². The number of sulfone groups is 1. The number of hydrogen-bond acceptors (Lipinski definition) is 7. The van der Waals surface area contributed by atoms with Crippen LogP contribution in [0.25, 0.3) is 10.9 Å². The molecule has 4 aromatic rings. The topological polar surface area (TPSA) is 126 Å². The second kappa shape index (κ2) is 9.43. The van der Waals surface area contributed by atoms with E-state index in [0.717, 1.165) is 18.9 Å². The lowest BCUT2D eigenvalue weighted by Crippen LogP contribution is -2.29. The zero-order chi connectivity index (χ0) is 24.4. The number of pyridine rings is 1. The van der Waals surface area contributed by atoms with Gasteiger partial charge < -0.3 is 15.4 Å². The predicted octanol–water partition coefficient (Wildman–Crippen LogP) is 3.77. The number of hydrogen-bond donors (Lipinski definition) is 3. The third-order valence-electron chi connectivity index (χ3n) is 5.83. The Morgan fingerprint density at radius 3 is 2.69 bits per heavy atom. The molecule has 0 spiro atoms. The van der Waals surface area contributed by atoms with Crippen molar-refractivity contribution in [2.75, 3.05) is 23.8 Å². The number of halogens is 1. The smallest absolute Gasteiger partial charge is 0.259 e. The molecular weight excluding hydrogens is 473 g/mol. The maximum atomic E-state index is 13.6. The van der Waals surface area contributed by atoms with Gasteiger partial charge in [0.2, 0.25) is 9.84 Å². The number of nitrogens with zero attached hydrogens (tertiary/aromatic N) is 2. The number of rotatable bonds is 6. The minimum Gasteiger partial charge on any atom is -0.381 e. The molecule has 5 rings (SSSR count). The number of nitrogens with one attached hydrogen (secondary N) is 3. The Bertz CT molecular complexity index is 1500. The number of aromatic amines is 1. The van der Waals surface area contributed by atoms with Crippen LogP contribution in [0.5, 0.6) is 0 Å². The van der Waals surface area contributed by atoms with Gasteiger partial charge in [0.15, 0.2) is 5.82 Å². The maximum Gasteiger partial charge on any atom is 0.259 e. The fourth-order valence-electron chi connectivity index (χ4n) is 3.97. The molecule has 0 radical (unpaired) electrons. The van der Waals surface area contributed by atoms with Crippen LogP contribution in [0.4, 0.5) is 15.9 Å². The van der Waals surface area contributed by atoms with E-state index >= 15 is 0 Å². The second-order valence-electron chi connectivity index (χ2n) is 8.15. The molecule has 0 saturated carbocycles. The molecule has 1 saturated heterocycles. The SMILES string of the molecule is O=C(Nc1n[nH]c2ccc(S(=O)(=O)c3cccc(F)c3)cc12)c1ccncc1NC1CCOCC1. The number of amides is 1. The number of anilines is 2. The monoisotopic (exact) mass is 495 g/mol. The van der Waals surface area contributed by atoms with Crippen molar-refractivity contribution < 1.29 is 22.3 Å². The number of fused-ring (bicyclic) bond motifs is 1. The summed E-state index contributed by atoms with van der Waals surface area (Å²) >= 11 is 0. The number of carbonyl (C=O) groups excluding carboxylic acids is 1. The molecule has 1 fully saturated rings. The van der Waals surface area contributed by atoms with E-state index in [4.69, 9.17) is 4.74 Å². The van der Waals surface area contributed by atoms with Crippen molar-refractivity contribution in [3.8, 4) is 0 Å². The van der Waals surface area contributed by atoms with Crippen molar-refractivity contribution in [3.05, 3.63) is 72.3 Å². The van der Waals surface area contributed by atoms with Crippen LogP contribution in [0.3, 0.4) is 0 Å². The first-order chi connectivity index (χ1) is 16.9. The number of aromatic nitrogens is 3. The highest BCUT2D eigenvalue weighted by molar-refractivity contribution is 7.91. The van der Waals surface area contributed by atoms with Crippen molar-refractivity contribution >= 4 is 38.2 Å². The minimum absolute atomic E-state index is 0.0433. The van der Waals surface area contributed by atoms with Gasteiger partial charge in [0.25, 0.3) is 5.91 Å². The molecule has 0 unspecified atom stereocenters. The number of carbonyl (C=O) groups is 1. The molecule has 2 aromatic heterocycles. The lowest BCUT2D eigenvalue weighted by atomic mass is 10.1. The van der Waals surface area contributed by atoms with Crippen molar-refractivity contribution in [1.29, 1.82) is 0 Å². The largest absolute Gasteiger partial charge is 0.381 e. The summed E-state index contributed by atoms with van der Waals surface area (Å²) < 4.78 is 45.1. The van der Waals surface area contributed by atoms with Crippen molar-refractivity contribution in [1.82, 2.24) is 15.2 Å². The zero-order valence-electron chi connectivity index (χ0n) is 18.5. The summed E-state index contributed by atoms with van der Waals surface area (Å²) in [6.45, 7) is 1.30. The van der Waals surface area contributed by atoms with Crippen molar-refractivity contribution in [2.24, 2.45) is 0 Å². The molecule has 0 aliphatic carbocycles. The molecular formula is C24H22FN5O4S. The first-order valence-corrected chi connectivity index (χ1v) is 12.5. The summed E-state index contributed by atoms with van der Waals surface area (Å²) in [6, 6.07) is 10.9. The molecule has 2 aromatic carbocycles. The first-order valence-electron chi connectivity index (χ1n) is 11.0. The van der Waals surface area contributed by atoms with Crippen LogP contribution in [0.2, 0.25) is 0 Å². The minimum atomic E-state index is -3.97. The third-order valence-corrected chi connectivity index (χ3v) is 7.58. The normalized spacial score (nSPS) is 14.7. The average Bonchev–Trinajstić information content (AvgIpc) is 3.27. The number of ether oxygens (including phenoxy) is 1. The highest BCUT2D eigenvalue weighted by atomic mass is 32.2. The van der Waals surface area contributed by atoms with Gasteiger partial charge in [-0.3, -0.25) is 14.9 Å². The summed E-state index contributed by atoms with van der Waals surface area (Å²) in [5.74, 6) is -0.894. The van der Waals surface area contributed by atoms with Crippen LogP contribution < -0.4 is 10.6 Å². The third kappa shape index (κ3) is 4.73. The number of benzene rings is 2. The number of H-pyrrole nitrogens is 1. The Hall–Kier alpha value is -3.83. The van der Waals surface area contributed by atoms with Gasteiger partial charge in [-0.15, -0.1) is 0 Å². The molecule has 35 heavy (non-hydrogen) atoms. The molecule has 1 aliphatic heterocycles. The molecule has 0 atom stereocenters. The van der Waals surface area contributed by atoms with Gasteiger partial charge >= 0.3 is 0 Å². The summed E-state index contributed by atoms with van der Waals surface area (Å²) in [4.78, 5) is 17.1. The zero-order valence-corrected chi connectivity index (χ0v) is 19.3. The summed E-state index contributed by atoms with van der Waals surface area (Å²) in [5, 5.41) is 13.5. The van der Waals surface area contributed by atoms with Gasteiger partial charge in [-0.1, -0.05) is 6.07 Å². The molecule has 3 heterocycles. The van der Waals surface area contributed by atoms with Crippen LogP contribution in [0.15, 0.2) is 70.7 Å². The molecule has 1 amide bonds. The Morgan fingerprint density at radius 1 is 1.09 bits per heavy atom. The quantitative estimate of drug-likeness (QED) is 0.372. The Morgan fingerprint density at radius 2 is 1.89 bits per heavy atom. The van der Waals surface area contributed by atoms with E-state index in [1.165, 1.54) is 36.5 Å². The van der Waals surface area contributed by atoms with Gasteiger partial charge in [-0.25, -0.2) is 12.8 Å². The highest BCUT2D eigenvalue weighted by Crippen LogP contribution is 2.29. The Balaban J connectivity index is 1.43. The molecule has 3 N–H and O–H groups in total. The highest BCUT2D eigenvalue weighted by Gasteiger charge is 2.22. The average molecular weight is 496 g/mol. The molecule has 11 heteroatoms. The fourth-order valence-corrected chi connectivity index (χ4v) is 5.29. The Labute approximate surface area is 200 Å². The predicted molar refractivity (Wildman–Crippen MR) is 128 cm³/mol. The maximum absolute atomic E-state index is 13.6. The second-order valence-corrected chi connectivity index (χ2v) is 10.1. The molecule has 0 bridgehead atoms. The van der Waals surface area contributed by atoms with E-state index in [1.807, 2.05) is 0 Å². The Kier molecular flexibility index (Phi) is 6.18. The van der Waals surface area contributed by atoms with E-state index in [2.05, 4.69) is 25.8 Å². The van der Waals surface area contributed by atoms with Gasteiger partial charge in [-0.05, 0) is 55.3 Å². The van der Waals surface area contributed by atoms with Gasteiger partial charge in [-0.2, -0.15) is 5.10 Å². The molecule has 9 nitrogen and oxygen atoms in total.